The molecular formula is C19H20N2O4S. The summed E-state index contributed by atoms with van der Waals surface area (Å²) in [7, 11) is 0. The molecule has 0 unspecified atom stereocenters. The number of esters is 2. The van der Waals surface area contributed by atoms with Crippen molar-refractivity contribution in [1.82, 2.24) is 0 Å². The van der Waals surface area contributed by atoms with Crippen molar-refractivity contribution in [1.29, 1.82) is 5.26 Å². The van der Waals surface area contributed by atoms with Gasteiger partial charge in [0.2, 0.25) is 0 Å². The maximum absolute atomic E-state index is 12.5. The summed E-state index contributed by atoms with van der Waals surface area (Å²) in [4.78, 5) is 24.8. The van der Waals surface area contributed by atoms with Crippen LogP contribution in [0.1, 0.15) is 54.8 Å². The van der Waals surface area contributed by atoms with Crippen LogP contribution in [-0.2, 0) is 16.1 Å². The molecule has 0 bridgehead atoms. The summed E-state index contributed by atoms with van der Waals surface area (Å²) < 4.78 is 10.4. The number of carbonyl (C=O) groups excluding carboxylic acids is 2. The number of anilines is 1. The van der Waals surface area contributed by atoms with Gasteiger partial charge in [0.05, 0.1) is 17.7 Å². The number of ether oxygens (including phenoxy) is 2. The fourth-order valence-corrected chi connectivity index (χ4v) is 3.74. The standard InChI is InChI=1S/C19H20N2O4S/c1-5-24-19(23)16-14(13(8-20)17(21)26-16)9-25-18(22)15-11(3)6-10(2)7-12(15)4/h6-7H,5,9,21H2,1-4H3. The van der Waals surface area contributed by atoms with E-state index in [1.165, 1.54) is 0 Å². The Labute approximate surface area is 156 Å². The van der Waals surface area contributed by atoms with Crippen molar-refractivity contribution in [3.05, 3.63) is 50.4 Å². The predicted octanol–water partition coefficient (Wildman–Crippen LogP) is 3.66. The van der Waals surface area contributed by atoms with E-state index in [4.69, 9.17) is 15.2 Å². The summed E-state index contributed by atoms with van der Waals surface area (Å²) in [5.74, 6) is -1.09. The van der Waals surface area contributed by atoms with Crippen LogP contribution < -0.4 is 5.73 Å². The van der Waals surface area contributed by atoms with Gasteiger partial charge in [-0.2, -0.15) is 5.26 Å². The van der Waals surface area contributed by atoms with Crippen LogP contribution in [0.25, 0.3) is 0 Å². The maximum Gasteiger partial charge on any atom is 0.348 e. The molecule has 0 aliphatic heterocycles. The molecule has 0 saturated heterocycles. The van der Waals surface area contributed by atoms with E-state index in [9.17, 15) is 14.9 Å². The second-order valence-corrected chi connectivity index (χ2v) is 6.88. The lowest BCUT2D eigenvalue weighted by atomic mass is 10.00. The minimum Gasteiger partial charge on any atom is -0.462 e. The topological polar surface area (TPSA) is 102 Å². The highest BCUT2D eigenvalue weighted by Gasteiger charge is 2.24. The van der Waals surface area contributed by atoms with Gasteiger partial charge in [-0.05, 0) is 38.8 Å². The van der Waals surface area contributed by atoms with Crippen molar-refractivity contribution in [2.75, 3.05) is 12.3 Å². The molecule has 2 rings (SSSR count). The van der Waals surface area contributed by atoms with E-state index >= 15 is 0 Å². The lowest BCUT2D eigenvalue weighted by Crippen LogP contribution is -2.12. The van der Waals surface area contributed by atoms with Gasteiger partial charge in [-0.25, -0.2) is 9.59 Å². The number of nitrogens with two attached hydrogens (primary N) is 1. The minimum atomic E-state index is -0.584. The molecule has 7 heteroatoms. The average molecular weight is 372 g/mol. The van der Waals surface area contributed by atoms with Gasteiger partial charge >= 0.3 is 11.9 Å². The number of nitrogens with zero attached hydrogens (tertiary/aromatic N) is 1. The molecular weight excluding hydrogens is 352 g/mol. The van der Waals surface area contributed by atoms with E-state index in [-0.39, 0.29) is 34.2 Å². The Balaban J connectivity index is 2.31. The van der Waals surface area contributed by atoms with Crippen LogP contribution in [0, 0.1) is 32.1 Å². The lowest BCUT2D eigenvalue weighted by Gasteiger charge is -2.11. The summed E-state index contributed by atoms with van der Waals surface area (Å²) in [6, 6.07) is 5.76. The Bertz CT molecular complexity index is 886. The van der Waals surface area contributed by atoms with E-state index in [1.807, 2.05) is 39.0 Å². The van der Waals surface area contributed by atoms with Crippen molar-refractivity contribution in [2.24, 2.45) is 0 Å². The number of thiophene rings is 1. The molecule has 2 aromatic rings. The fraction of sp³-hybridized carbons (Fsp3) is 0.316. The van der Waals surface area contributed by atoms with Gasteiger partial charge in [0.25, 0.3) is 0 Å². The first-order valence-corrected chi connectivity index (χ1v) is 8.85. The highest BCUT2D eigenvalue weighted by atomic mass is 32.1. The predicted molar refractivity (Wildman–Crippen MR) is 99.2 cm³/mol. The van der Waals surface area contributed by atoms with E-state index in [2.05, 4.69) is 0 Å². The zero-order valence-corrected chi connectivity index (χ0v) is 16.0. The van der Waals surface area contributed by atoms with Gasteiger partial charge in [-0.3, -0.25) is 0 Å². The normalized spacial score (nSPS) is 10.3. The quantitative estimate of drug-likeness (QED) is 0.804. The molecule has 6 nitrogen and oxygen atoms in total. The number of rotatable bonds is 5. The number of nitrogen functional groups attached to an aromatic ring is 1. The van der Waals surface area contributed by atoms with Crippen LogP contribution in [0.2, 0.25) is 0 Å². The second kappa shape index (κ2) is 8.02. The number of hydrogen-bond acceptors (Lipinski definition) is 7. The van der Waals surface area contributed by atoms with Crippen molar-refractivity contribution in [3.63, 3.8) is 0 Å². The van der Waals surface area contributed by atoms with Gasteiger partial charge in [0.15, 0.2) is 0 Å². The molecule has 1 aromatic heterocycles. The molecule has 26 heavy (non-hydrogen) atoms. The van der Waals surface area contributed by atoms with Crippen LogP contribution in [0.5, 0.6) is 0 Å². The van der Waals surface area contributed by atoms with Crippen molar-refractivity contribution in [2.45, 2.75) is 34.3 Å². The van der Waals surface area contributed by atoms with Gasteiger partial charge in [0.1, 0.15) is 22.6 Å². The molecule has 0 aliphatic rings. The van der Waals surface area contributed by atoms with Crippen LogP contribution in [0.4, 0.5) is 5.00 Å². The first kappa shape index (κ1) is 19.5. The Hall–Kier alpha value is -2.85. The van der Waals surface area contributed by atoms with Crippen LogP contribution in [0.15, 0.2) is 12.1 Å². The Kier molecular flexibility index (Phi) is 6.01. The van der Waals surface area contributed by atoms with Gasteiger partial charge < -0.3 is 15.2 Å². The summed E-state index contributed by atoms with van der Waals surface area (Å²) in [5.41, 5.74) is 9.39. The largest absolute Gasteiger partial charge is 0.462 e. The van der Waals surface area contributed by atoms with Gasteiger partial charge in [-0.15, -0.1) is 11.3 Å². The van der Waals surface area contributed by atoms with Crippen LogP contribution in [-0.4, -0.2) is 18.5 Å². The van der Waals surface area contributed by atoms with Gasteiger partial charge in [-0.1, -0.05) is 17.7 Å². The number of benzene rings is 1. The Morgan fingerprint density at radius 3 is 2.31 bits per heavy atom. The van der Waals surface area contributed by atoms with Crippen molar-refractivity contribution in [3.8, 4) is 6.07 Å². The molecule has 0 saturated carbocycles. The highest BCUT2D eigenvalue weighted by Crippen LogP contribution is 2.32. The van der Waals surface area contributed by atoms with Gasteiger partial charge in [0, 0.05) is 5.56 Å². The minimum absolute atomic E-state index is 0.142. The fourth-order valence-electron chi connectivity index (χ4n) is 2.82. The number of hydrogen-bond donors (Lipinski definition) is 1. The summed E-state index contributed by atoms with van der Waals surface area (Å²) >= 11 is 0.959. The maximum atomic E-state index is 12.5. The molecule has 0 amide bonds. The number of nitriles is 1. The SMILES string of the molecule is CCOC(=O)c1sc(N)c(C#N)c1COC(=O)c1c(C)cc(C)cc1C. The third kappa shape index (κ3) is 3.86. The third-order valence-electron chi connectivity index (χ3n) is 3.84. The number of carbonyl (C=O) groups is 2. The zero-order chi connectivity index (χ0) is 19.4. The summed E-state index contributed by atoms with van der Waals surface area (Å²) in [6.07, 6.45) is 0. The Morgan fingerprint density at radius 2 is 1.77 bits per heavy atom. The molecule has 0 aliphatic carbocycles. The second-order valence-electron chi connectivity index (χ2n) is 5.83. The zero-order valence-electron chi connectivity index (χ0n) is 15.1. The first-order chi connectivity index (χ1) is 12.3. The van der Waals surface area contributed by atoms with E-state index in [0.717, 1.165) is 28.0 Å². The monoisotopic (exact) mass is 372 g/mol. The van der Waals surface area contributed by atoms with E-state index in [1.54, 1.807) is 6.92 Å². The summed E-state index contributed by atoms with van der Waals surface area (Å²) in [6.45, 7) is 7.28. The molecule has 2 N–H and O–H groups in total. The molecule has 0 fully saturated rings. The molecule has 0 radical (unpaired) electrons. The van der Waals surface area contributed by atoms with E-state index < -0.39 is 11.9 Å². The van der Waals surface area contributed by atoms with Crippen molar-refractivity contribution < 1.29 is 19.1 Å². The summed E-state index contributed by atoms with van der Waals surface area (Å²) in [5, 5.41) is 9.51. The highest BCUT2D eigenvalue weighted by molar-refractivity contribution is 7.18. The number of aryl methyl sites for hydroxylation is 3. The van der Waals surface area contributed by atoms with Crippen molar-refractivity contribution >= 4 is 28.3 Å². The van der Waals surface area contributed by atoms with E-state index in [0.29, 0.717) is 5.56 Å². The molecule has 0 atom stereocenters. The first-order valence-electron chi connectivity index (χ1n) is 8.03. The Morgan fingerprint density at radius 1 is 1.15 bits per heavy atom. The molecule has 136 valence electrons. The average Bonchev–Trinajstić information content (AvgIpc) is 2.87. The third-order valence-corrected chi connectivity index (χ3v) is 4.88. The molecule has 1 heterocycles. The van der Waals surface area contributed by atoms with Crippen LogP contribution in [0.3, 0.4) is 0 Å². The van der Waals surface area contributed by atoms with Crippen LogP contribution >= 0.6 is 11.3 Å². The lowest BCUT2D eigenvalue weighted by molar-refractivity contribution is 0.0451. The molecule has 1 aromatic carbocycles. The molecule has 0 spiro atoms. The smallest absolute Gasteiger partial charge is 0.348 e.